The summed E-state index contributed by atoms with van der Waals surface area (Å²) >= 11 is 3.31. The largest absolute Gasteiger partial charge is 0.469 e. The molecule has 0 N–H and O–H groups in total. The van der Waals surface area contributed by atoms with E-state index in [2.05, 4.69) is 25.4 Å². The van der Waals surface area contributed by atoms with Crippen LogP contribution in [0.25, 0.3) is 0 Å². The summed E-state index contributed by atoms with van der Waals surface area (Å²) in [5.74, 6) is -0.311. The lowest BCUT2D eigenvalue weighted by Crippen LogP contribution is -2.15. The number of rotatable bonds is 11. The van der Waals surface area contributed by atoms with Crippen molar-refractivity contribution < 1.29 is 19.1 Å². The van der Waals surface area contributed by atoms with E-state index in [1.807, 2.05) is 0 Å². The summed E-state index contributed by atoms with van der Waals surface area (Å²) in [6.07, 6.45) is 9.05. The Bertz CT molecular complexity index is 256. The van der Waals surface area contributed by atoms with Crippen molar-refractivity contribution in [2.45, 2.75) is 62.6 Å². The molecule has 4 nitrogen and oxygen atoms in total. The summed E-state index contributed by atoms with van der Waals surface area (Å²) in [7, 11) is 2.83. The molecule has 5 heteroatoms. The van der Waals surface area contributed by atoms with Crippen molar-refractivity contribution in [3.8, 4) is 0 Å². The molecule has 0 bridgehead atoms. The molecule has 0 aromatic carbocycles. The van der Waals surface area contributed by atoms with Crippen molar-refractivity contribution in [2.75, 3.05) is 14.2 Å². The summed E-state index contributed by atoms with van der Waals surface area (Å²) < 4.78 is 9.22. The van der Waals surface area contributed by atoms with Gasteiger partial charge in [-0.2, -0.15) is 0 Å². The molecule has 0 rings (SSSR count). The van der Waals surface area contributed by atoms with Gasteiger partial charge in [0.1, 0.15) is 4.83 Å². The Morgan fingerprint density at radius 2 is 1.42 bits per heavy atom. The van der Waals surface area contributed by atoms with E-state index < -0.39 is 0 Å². The van der Waals surface area contributed by atoms with Gasteiger partial charge in [0, 0.05) is 6.42 Å². The van der Waals surface area contributed by atoms with Gasteiger partial charge in [-0.1, -0.05) is 54.5 Å². The third-order valence-electron chi connectivity index (χ3n) is 3.02. The minimum Gasteiger partial charge on any atom is -0.469 e. The Hall–Kier alpha value is -0.580. The smallest absolute Gasteiger partial charge is 0.319 e. The first-order valence-electron chi connectivity index (χ1n) is 6.90. The van der Waals surface area contributed by atoms with Crippen molar-refractivity contribution in [1.29, 1.82) is 0 Å². The van der Waals surface area contributed by atoms with Gasteiger partial charge in [0.2, 0.25) is 0 Å². The maximum absolute atomic E-state index is 11.1. The molecule has 0 aliphatic heterocycles. The zero-order valence-corrected chi connectivity index (χ0v) is 13.5. The third kappa shape index (κ3) is 11.0. The van der Waals surface area contributed by atoms with E-state index in [9.17, 15) is 9.59 Å². The van der Waals surface area contributed by atoms with E-state index in [1.165, 1.54) is 27.1 Å². The summed E-state index contributed by atoms with van der Waals surface area (Å²) in [5, 5.41) is 0. The molecule has 0 aromatic rings. The first kappa shape index (κ1) is 18.4. The van der Waals surface area contributed by atoms with Gasteiger partial charge in [0.25, 0.3) is 0 Å². The van der Waals surface area contributed by atoms with Crippen LogP contribution in [0, 0.1) is 0 Å². The van der Waals surface area contributed by atoms with Gasteiger partial charge in [0.05, 0.1) is 14.2 Å². The molecule has 0 spiro atoms. The zero-order valence-electron chi connectivity index (χ0n) is 12.0. The van der Waals surface area contributed by atoms with Crippen LogP contribution in [-0.2, 0) is 19.1 Å². The highest BCUT2D eigenvalue weighted by atomic mass is 79.9. The maximum Gasteiger partial charge on any atom is 0.319 e. The van der Waals surface area contributed by atoms with E-state index in [0.717, 1.165) is 38.5 Å². The van der Waals surface area contributed by atoms with Gasteiger partial charge in [0.15, 0.2) is 0 Å². The first-order valence-corrected chi connectivity index (χ1v) is 7.82. The minimum atomic E-state index is -0.192. The van der Waals surface area contributed by atoms with Crippen LogP contribution in [0.4, 0.5) is 0 Å². The number of hydrogen-bond acceptors (Lipinski definition) is 4. The van der Waals surface area contributed by atoms with Crippen LogP contribution in [-0.4, -0.2) is 31.0 Å². The standard InChI is InChI=1S/C14H25BrO4/c1-18-13(16)11-9-7-5-3-4-6-8-10-12(15)14(17)19-2/h12H,3-11H2,1-2H3/t12-/m1/s1. The lowest BCUT2D eigenvalue weighted by molar-refractivity contribution is -0.141. The number of alkyl halides is 1. The predicted octanol–water partition coefficient (Wildman–Crippen LogP) is 3.61. The highest BCUT2D eigenvalue weighted by Crippen LogP contribution is 2.14. The fraction of sp³-hybridized carbons (Fsp3) is 0.857. The van der Waals surface area contributed by atoms with Gasteiger partial charge in [-0.15, -0.1) is 0 Å². The summed E-state index contributed by atoms with van der Waals surface area (Å²) in [5.41, 5.74) is 0. The zero-order chi connectivity index (χ0) is 14.5. The van der Waals surface area contributed by atoms with Gasteiger partial charge in [-0.3, -0.25) is 9.59 Å². The summed E-state index contributed by atoms with van der Waals surface area (Å²) in [6, 6.07) is 0. The number of unbranched alkanes of at least 4 members (excludes halogenated alkanes) is 6. The van der Waals surface area contributed by atoms with Gasteiger partial charge in [-0.25, -0.2) is 0 Å². The number of methoxy groups -OCH3 is 2. The number of hydrogen-bond donors (Lipinski definition) is 0. The van der Waals surface area contributed by atoms with Crippen molar-refractivity contribution in [3.05, 3.63) is 0 Å². The Morgan fingerprint density at radius 3 is 1.95 bits per heavy atom. The van der Waals surface area contributed by atoms with Gasteiger partial charge >= 0.3 is 11.9 Å². The van der Waals surface area contributed by atoms with Crippen molar-refractivity contribution in [2.24, 2.45) is 0 Å². The van der Waals surface area contributed by atoms with Crippen LogP contribution < -0.4 is 0 Å². The average Bonchev–Trinajstić information content (AvgIpc) is 2.43. The summed E-state index contributed by atoms with van der Waals surface area (Å²) in [4.78, 5) is 21.8. The normalized spacial score (nSPS) is 11.9. The molecular formula is C14H25BrO4. The van der Waals surface area contributed by atoms with E-state index in [4.69, 9.17) is 0 Å². The first-order chi connectivity index (χ1) is 9.11. The van der Waals surface area contributed by atoms with E-state index in [-0.39, 0.29) is 16.8 Å². The molecule has 1 atom stereocenters. The molecule has 0 saturated heterocycles. The second-order valence-corrected chi connectivity index (χ2v) is 5.69. The van der Waals surface area contributed by atoms with Crippen LogP contribution in [0.2, 0.25) is 0 Å². The molecule has 0 amide bonds. The molecule has 0 aliphatic carbocycles. The molecular weight excluding hydrogens is 312 g/mol. The van der Waals surface area contributed by atoms with Gasteiger partial charge < -0.3 is 9.47 Å². The number of esters is 2. The van der Waals surface area contributed by atoms with Crippen LogP contribution in [0.5, 0.6) is 0 Å². The molecule has 0 aromatic heterocycles. The SMILES string of the molecule is COC(=O)CCCCCCCCC[C@@H](Br)C(=O)OC. The predicted molar refractivity (Wildman–Crippen MR) is 78.3 cm³/mol. The number of carbonyl (C=O) groups excluding carboxylic acids is 2. The average molecular weight is 337 g/mol. The third-order valence-corrected chi connectivity index (χ3v) is 3.85. The van der Waals surface area contributed by atoms with Crippen molar-refractivity contribution in [3.63, 3.8) is 0 Å². The Labute approximate surface area is 124 Å². The van der Waals surface area contributed by atoms with Crippen molar-refractivity contribution >= 4 is 27.9 Å². The Kier molecular flexibility index (Phi) is 12.1. The molecule has 19 heavy (non-hydrogen) atoms. The fourth-order valence-electron chi connectivity index (χ4n) is 1.82. The molecule has 0 fully saturated rings. The van der Waals surface area contributed by atoms with Crippen LogP contribution in [0.3, 0.4) is 0 Å². The molecule has 0 radical (unpaired) electrons. The molecule has 0 aliphatic rings. The quantitative estimate of drug-likeness (QED) is 0.328. The van der Waals surface area contributed by atoms with Crippen LogP contribution in [0.1, 0.15) is 57.8 Å². The molecule has 112 valence electrons. The maximum atomic E-state index is 11.1. The minimum absolute atomic E-state index is 0.119. The number of ether oxygens (including phenoxy) is 2. The van der Waals surface area contributed by atoms with E-state index >= 15 is 0 Å². The Balaban J connectivity index is 3.23. The van der Waals surface area contributed by atoms with Crippen LogP contribution >= 0.6 is 15.9 Å². The lowest BCUT2D eigenvalue weighted by atomic mass is 10.1. The monoisotopic (exact) mass is 336 g/mol. The highest BCUT2D eigenvalue weighted by Gasteiger charge is 2.13. The molecule has 0 saturated carbocycles. The van der Waals surface area contributed by atoms with E-state index in [0.29, 0.717) is 6.42 Å². The highest BCUT2D eigenvalue weighted by molar-refractivity contribution is 9.10. The summed E-state index contributed by atoms with van der Waals surface area (Å²) in [6.45, 7) is 0. The fourth-order valence-corrected chi connectivity index (χ4v) is 2.34. The second-order valence-electron chi connectivity index (χ2n) is 4.58. The lowest BCUT2D eigenvalue weighted by Gasteiger charge is -2.07. The number of carbonyl (C=O) groups is 2. The van der Waals surface area contributed by atoms with Crippen molar-refractivity contribution in [1.82, 2.24) is 0 Å². The number of halogens is 1. The second kappa shape index (κ2) is 12.5. The van der Waals surface area contributed by atoms with E-state index in [1.54, 1.807) is 0 Å². The topological polar surface area (TPSA) is 52.6 Å². The molecule has 0 heterocycles. The van der Waals surface area contributed by atoms with Gasteiger partial charge in [-0.05, 0) is 12.8 Å². The Morgan fingerprint density at radius 1 is 0.895 bits per heavy atom. The molecule has 0 unspecified atom stereocenters. The van der Waals surface area contributed by atoms with Crippen LogP contribution in [0.15, 0.2) is 0 Å².